The van der Waals surface area contributed by atoms with Gasteiger partial charge in [-0.1, -0.05) is 6.07 Å². The van der Waals surface area contributed by atoms with Crippen molar-refractivity contribution in [3.05, 3.63) is 54.1 Å². The van der Waals surface area contributed by atoms with Crippen molar-refractivity contribution < 1.29 is 24.2 Å². The fraction of sp³-hybridized carbons (Fsp3) is 0.176. The number of methoxy groups -OCH3 is 1. The van der Waals surface area contributed by atoms with Crippen LogP contribution in [0.3, 0.4) is 0 Å². The van der Waals surface area contributed by atoms with Gasteiger partial charge in [0.1, 0.15) is 11.5 Å². The van der Waals surface area contributed by atoms with E-state index >= 15 is 0 Å². The van der Waals surface area contributed by atoms with Gasteiger partial charge in [-0.3, -0.25) is 4.79 Å². The first-order valence-electron chi connectivity index (χ1n) is 6.94. The molecule has 0 saturated carbocycles. The van der Waals surface area contributed by atoms with E-state index in [1.807, 2.05) is 0 Å². The fourth-order valence-corrected chi connectivity index (χ4v) is 1.83. The number of carbonyl (C=O) groups is 2. The summed E-state index contributed by atoms with van der Waals surface area (Å²) in [6.45, 7) is 1.47. The molecule has 0 saturated heterocycles. The Bertz CT molecular complexity index is 696. The quantitative estimate of drug-likeness (QED) is 0.828. The summed E-state index contributed by atoms with van der Waals surface area (Å²) in [7, 11) is 1.55. The van der Waals surface area contributed by atoms with Crippen LogP contribution in [-0.2, 0) is 9.53 Å². The first kappa shape index (κ1) is 16.4. The molecule has 2 aromatic rings. The molecule has 0 aromatic heterocycles. The second-order valence-corrected chi connectivity index (χ2v) is 4.82. The standard InChI is InChI=1S/C17H17NO5/c1-11(23-17(21)12-4-3-5-14(19)10-12)16(20)18-13-6-8-15(22-2)9-7-13/h3-11,19H,1-2H3,(H,18,20). The molecule has 23 heavy (non-hydrogen) atoms. The van der Waals surface area contributed by atoms with Crippen LogP contribution in [0.1, 0.15) is 17.3 Å². The smallest absolute Gasteiger partial charge is 0.339 e. The van der Waals surface area contributed by atoms with Crippen molar-refractivity contribution >= 4 is 17.6 Å². The first-order valence-corrected chi connectivity index (χ1v) is 6.94. The minimum absolute atomic E-state index is 0.0465. The van der Waals surface area contributed by atoms with Gasteiger partial charge in [-0.25, -0.2) is 4.79 Å². The van der Waals surface area contributed by atoms with Crippen molar-refractivity contribution in [1.82, 2.24) is 0 Å². The Morgan fingerprint density at radius 3 is 2.43 bits per heavy atom. The number of phenols is 1. The van der Waals surface area contributed by atoms with E-state index in [4.69, 9.17) is 9.47 Å². The summed E-state index contributed by atoms with van der Waals surface area (Å²) in [4.78, 5) is 23.9. The largest absolute Gasteiger partial charge is 0.508 e. The summed E-state index contributed by atoms with van der Waals surface area (Å²) < 4.78 is 10.1. The molecule has 1 amide bonds. The zero-order valence-electron chi connectivity index (χ0n) is 12.8. The predicted octanol–water partition coefficient (Wildman–Crippen LogP) is 2.58. The first-order chi connectivity index (χ1) is 11.0. The Labute approximate surface area is 133 Å². The second kappa shape index (κ2) is 7.31. The summed E-state index contributed by atoms with van der Waals surface area (Å²) in [5.41, 5.74) is 0.741. The van der Waals surface area contributed by atoms with E-state index < -0.39 is 18.0 Å². The topological polar surface area (TPSA) is 84.9 Å². The lowest BCUT2D eigenvalue weighted by Crippen LogP contribution is -2.29. The van der Waals surface area contributed by atoms with E-state index in [2.05, 4.69) is 5.32 Å². The Hall–Kier alpha value is -3.02. The molecule has 1 unspecified atom stereocenters. The van der Waals surface area contributed by atoms with Crippen LogP contribution in [0.4, 0.5) is 5.69 Å². The molecule has 0 heterocycles. The molecule has 0 spiro atoms. The van der Waals surface area contributed by atoms with E-state index in [1.165, 1.54) is 31.2 Å². The maximum absolute atomic E-state index is 12.0. The van der Waals surface area contributed by atoms with Gasteiger partial charge in [0.15, 0.2) is 6.10 Å². The van der Waals surface area contributed by atoms with E-state index in [-0.39, 0.29) is 11.3 Å². The Balaban J connectivity index is 1.95. The number of ether oxygens (including phenoxy) is 2. The molecular weight excluding hydrogens is 298 g/mol. The summed E-state index contributed by atoms with van der Waals surface area (Å²) >= 11 is 0. The van der Waals surface area contributed by atoms with Gasteiger partial charge >= 0.3 is 5.97 Å². The minimum atomic E-state index is -0.980. The molecule has 0 fully saturated rings. The van der Waals surface area contributed by atoms with Crippen molar-refractivity contribution in [3.8, 4) is 11.5 Å². The highest BCUT2D eigenvalue weighted by Crippen LogP contribution is 2.16. The Kier molecular flexibility index (Phi) is 5.19. The zero-order valence-corrected chi connectivity index (χ0v) is 12.8. The number of hydrogen-bond donors (Lipinski definition) is 2. The van der Waals surface area contributed by atoms with Crippen LogP contribution in [0.5, 0.6) is 11.5 Å². The predicted molar refractivity (Wildman–Crippen MR) is 84.6 cm³/mol. The molecular formula is C17H17NO5. The number of hydrogen-bond acceptors (Lipinski definition) is 5. The van der Waals surface area contributed by atoms with Gasteiger partial charge in [0, 0.05) is 5.69 Å². The molecule has 0 radical (unpaired) electrons. The number of esters is 1. The van der Waals surface area contributed by atoms with E-state index in [0.29, 0.717) is 11.4 Å². The third-order valence-electron chi connectivity index (χ3n) is 3.09. The summed E-state index contributed by atoms with van der Waals surface area (Å²) in [5, 5.41) is 12.0. The van der Waals surface area contributed by atoms with Crippen LogP contribution in [-0.4, -0.2) is 30.2 Å². The molecule has 0 bridgehead atoms. The number of carbonyl (C=O) groups excluding carboxylic acids is 2. The van der Waals surface area contributed by atoms with E-state index in [0.717, 1.165) is 0 Å². The fourth-order valence-electron chi connectivity index (χ4n) is 1.83. The third-order valence-corrected chi connectivity index (χ3v) is 3.09. The van der Waals surface area contributed by atoms with Crippen LogP contribution in [0.2, 0.25) is 0 Å². The van der Waals surface area contributed by atoms with Crippen LogP contribution in [0.25, 0.3) is 0 Å². The lowest BCUT2D eigenvalue weighted by Gasteiger charge is -2.14. The number of anilines is 1. The highest BCUT2D eigenvalue weighted by Gasteiger charge is 2.19. The average molecular weight is 315 g/mol. The maximum atomic E-state index is 12.0. The number of amides is 1. The van der Waals surface area contributed by atoms with Crippen molar-refractivity contribution in [3.63, 3.8) is 0 Å². The number of nitrogens with one attached hydrogen (secondary N) is 1. The van der Waals surface area contributed by atoms with Crippen LogP contribution in [0, 0.1) is 0 Å². The Morgan fingerprint density at radius 2 is 1.83 bits per heavy atom. The van der Waals surface area contributed by atoms with Gasteiger partial charge in [-0.15, -0.1) is 0 Å². The van der Waals surface area contributed by atoms with Gasteiger partial charge < -0.3 is 19.9 Å². The van der Waals surface area contributed by atoms with Crippen LogP contribution >= 0.6 is 0 Å². The molecule has 1 atom stereocenters. The highest BCUT2D eigenvalue weighted by molar-refractivity contribution is 5.97. The average Bonchev–Trinajstić information content (AvgIpc) is 2.55. The van der Waals surface area contributed by atoms with Gasteiger partial charge in [-0.05, 0) is 49.4 Å². The monoisotopic (exact) mass is 315 g/mol. The van der Waals surface area contributed by atoms with Crippen molar-refractivity contribution in [2.75, 3.05) is 12.4 Å². The summed E-state index contributed by atoms with van der Waals surface area (Å²) in [6, 6.07) is 12.5. The molecule has 120 valence electrons. The Morgan fingerprint density at radius 1 is 1.13 bits per heavy atom. The van der Waals surface area contributed by atoms with Crippen molar-refractivity contribution in [2.45, 2.75) is 13.0 Å². The maximum Gasteiger partial charge on any atom is 0.339 e. The normalized spacial score (nSPS) is 11.4. The van der Waals surface area contributed by atoms with E-state index in [1.54, 1.807) is 31.4 Å². The SMILES string of the molecule is COc1ccc(NC(=O)C(C)OC(=O)c2cccc(O)c2)cc1. The second-order valence-electron chi connectivity index (χ2n) is 4.82. The van der Waals surface area contributed by atoms with Crippen LogP contribution < -0.4 is 10.1 Å². The highest BCUT2D eigenvalue weighted by atomic mass is 16.5. The molecule has 2 N–H and O–H groups in total. The minimum Gasteiger partial charge on any atom is -0.508 e. The molecule has 2 aromatic carbocycles. The lowest BCUT2D eigenvalue weighted by atomic mass is 10.2. The van der Waals surface area contributed by atoms with Crippen molar-refractivity contribution in [2.24, 2.45) is 0 Å². The number of aromatic hydroxyl groups is 1. The summed E-state index contributed by atoms with van der Waals surface area (Å²) in [6.07, 6.45) is -0.980. The van der Waals surface area contributed by atoms with Gasteiger partial charge in [-0.2, -0.15) is 0 Å². The third kappa shape index (κ3) is 4.47. The zero-order chi connectivity index (χ0) is 16.8. The van der Waals surface area contributed by atoms with E-state index in [9.17, 15) is 14.7 Å². The molecule has 0 aliphatic carbocycles. The van der Waals surface area contributed by atoms with Crippen molar-refractivity contribution in [1.29, 1.82) is 0 Å². The molecule has 0 aliphatic heterocycles. The molecule has 6 heteroatoms. The van der Waals surface area contributed by atoms with Gasteiger partial charge in [0.25, 0.3) is 5.91 Å². The molecule has 6 nitrogen and oxygen atoms in total. The summed E-state index contributed by atoms with van der Waals surface area (Å²) in [5.74, 6) is -0.511. The van der Waals surface area contributed by atoms with Gasteiger partial charge in [0.05, 0.1) is 12.7 Å². The number of phenolic OH excluding ortho intramolecular Hbond substituents is 1. The number of rotatable bonds is 5. The lowest BCUT2D eigenvalue weighted by molar-refractivity contribution is -0.123. The van der Waals surface area contributed by atoms with Crippen LogP contribution in [0.15, 0.2) is 48.5 Å². The molecule has 0 aliphatic rings. The van der Waals surface area contributed by atoms with Gasteiger partial charge in [0.2, 0.25) is 0 Å². The molecule has 2 rings (SSSR count). The number of benzene rings is 2.